The highest BCUT2D eigenvalue weighted by molar-refractivity contribution is 5.94. The molecule has 0 bridgehead atoms. The molecule has 0 saturated heterocycles. The number of ketones is 1. The van der Waals surface area contributed by atoms with E-state index in [0.717, 1.165) is 5.56 Å². The smallest absolute Gasteiger partial charge is 0.213 e. The second-order valence-electron chi connectivity index (χ2n) is 5.41. The van der Waals surface area contributed by atoms with Crippen LogP contribution in [0.3, 0.4) is 0 Å². The Kier molecular flexibility index (Phi) is 4.66. The maximum atomic E-state index is 14.2. The molecule has 1 aromatic heterocycles. The van der Waals surface area contributed by atoms with E-state index in [0.29, 0.717) is 29.2 Å². The van der Waals surface area contributed by atoms with Crippen LogP contribution in [0, 0.1) is 5.82 Å². The highest BCUT2D eigenvalue weighted by Crippen LogP contribution is 2.24. The van der Waals surface area contributed by atoms with E-state index in [1.165, 1.54) is 13.0 Å². The minimum atomic E-state index is -0.442. The Morgan fingerprint density at radius 3 is 2.50 bits per heavy atom. The molecule has 3 nitrogen and oxygen atoms in total. The number of aromatic nitrogens is 1. The molecule has 0 amide bonds. The fourth-order valence-corrected chi connectivity index (χ4v) is 2.32. The van der Waals surface area contributed by atoms with E-state index in [1.807, 2.05) is 30.3 Å². The van der Waals surface area contributed by atoms with Gasteiger partial charge in [0, 0.05) is 29.0 Å². The van der Waals surface area contributed by atoms with Gasteiger partial charge in [-0.3, -0.25) is 4.79 Å². The number of hydrogen-bond acceptors (Lipinski definition) is 3. The molecule has 2 aromatic carbocycles. The van der Waals surface area contributed by atoms with Crippen molar-refractivity contribution in [1.29, 1.82) is 0 Å². The van der Waals surface area contributed by atoms with Crippen LogP contribution in [0.15, 0.2) is 66.9 Å². The average molecular weight is 321 g/mol. The molecule has 24 heavy (non-hydrogen) atoms. The lowest BCUT2D eigenvalue weighted by Gasteiger charge is -2.08. The van der Waals surface area contributed by atoms with Crippen LogP contribution in [0.4, 0.5) is 4.39 Å². The van der Waals surface area contributed by atoms with Crippen LogP contribution in [0.1, 0.15) is 22.8 Å². The first-order valence-corrected chi connectivity index (χ1v) is 7.57. The van der Waals surface area contributed by atoms with Gasteiger partial charge in [0.1, 0.15) is 12.4 Å². The molecule has 0 fully saturated rings. The van der Waals surface area contributed by atoms with Crippen LogP contribution in [0.2, 0.25) is 0 Å². The molecular formula is C20H16FNO2. The lowest BCUT2D eigenvalue weighted by atomic mass is 10.0. The van der Waals surface area contributed by atoms with Gasteiger partial charge in [0.2, 0.25) is 5.88 Å². The Labute approximate surface area is 139 Å². The Balaban J connectivity index is 1.73. The zero-order valence-corrected chi connectivity index (χ0v) is 13.2. The number of Topliss-reactive ketones (excluding diaryl/α,β-unsaturated/α-hetero) is 1. The lowest BCUT2D eigenvalue weighted by molar-refractivity contribution is 0.101. The first kappa shape index (κ1) is 15.9. The van der Waals surface area contributed by atoms with Crippen LogP contribution >= 0.6 is 0 Å². The van der Waals surface area contributed by atoms with E-state index in [9.17, 15) is 9.18 Å². The SMILES string of the molecule is CC(=O)c1ccc(-c2ccc(OCc3ccccc3)nc2)c(F)c1. The molecule has 120 valence electrons. The molecule has 0 radical (unpaired) electrons. The van der Waals surface area contributed by atoms with E-state index < -0.39 is 5.82 Å². The molecule has 0 aliphatic carbocycles. The van der Waals surface area contributed by atoms with Crippen molar-refractivity contribution in [3.63, 3.8) is 0 Å². The monoisotopic (exact) mass is 321 g/mol. The summed E-state index contributed by atoms with van der Waals surface area (Å²) in [5, 5.41) is 0. The molecule has 0 aliphatic heterocycles. The summed E-state index contributed by atoms with van der Waals surface area (Å²) in [6, 6.07) is 17.7. The summed E-state index contributed by atoms with van der Waals surface area (Å²) in [6.07, 6.45) is 1.56. The molecule has 0 spiro atoms. The number of hydrogen-bond donors (Lipinski definition) is 0. The van der Waals surface area contributed by atoms with Crippen molar-refractivity contribution < 1.29 is 13.9 Å². The minimum absolute atomic E-state index is 0.164. The molecule has 1 heterocycles. The van der Waals surface area contributed by atoms with Crippen molar-refractivity contribution in [2.45, 2.75) is 13.5 Å². The second-order valence-corrected chi connectivity index (χ2v) is 5.41. The summed E-state index contributed by atoms with van der Waals surface area (Å²) in [7, 11) is 0. The molecule has 0 unspecified atom stereocenters. The molecule has 4 heteroatoms. The first-order chi connectivity index (χ1) is 11.6. The zero-order valence-electron chi connectivity index (χ0n) is 13.2. The van der Waals surface area contributed by atoms with Gasteiger partial charge < -0.3 is 4.74 Å². The normalized spacial score (nSPS) is 10.4. The van der Waals surface area contributed by atoms with Crippen LogP contribution in [0.25, 0.3) is 11.1 Å². The summed E-state index contributed by atoms with van der Waals surface area (Å²) in [4.78, 5) is 15.5. The summed E-state index contributed by atoms with van der Waals surface area (Å²) < 4.78 is 19.8. The number of ether oxygens (including phenoxy) is 1. The van der Waals surface area contributed by atoms with E-state index in [4.69, 9.17) is 4.74 Å². The predicted molar refractivity (Wildman–Crippen MR) is 90.4 cm³/mol. The van der Waals surface area contributed by atoms with Gasteiger partial charge in [-0.05, 0) is 24.6 Å². The molecular weight excluding hydrogens is 305 g/mol. The van der Waals surface area contributed by atoms with Gasteiger partial charge in [-0.25, -0.2) is 9.37 Å². The number of pyridine rings is 1. The molecule has 3 aromatic rings. The van der Waals surface area contributed by atoms with E-state index in [1.54, 1.807) is 30.5 Å². The van der Waals surface area contributed by atoms with Crippen molar-refractivity contribution in [3.8, 4) is 17.0 Å². The summed E-state index contributed by atoms with van der Waals surface area (Å²) in [5.74, 6) is -0.131. The molecule has 3 rings (SSSR count). The highest BCUT2D eigenvalue weighted by Gasteiger charge is 2.09. The molecule has 0 saturated carbocycles. The largest absolute Gasteiger partial charge is 0.473 e. The number of rotatable bonds is 5. The van der Waals surface area contributed by atoms with Crippen molar-refractivity contribution in [3.05, 3.63) is 83.8 Å². The average Bonchev–Trinajstić information content (AvgIpc) is 2.61. The van der Waals surface area contributed by atoms with Crippen LogP contribution < -0.4 is 4.74 Å². The van der Waals surface area contributed by atoms with Gasteiger partial charge in [-0.15, -0.1) is 0 Å². The van der Waals surface area contributed by atoms with Crippen LogP contribution in [0.5, 0.6) is 5.88 Å². The maximum Gasteiger partial charge on any atom is 0.213 e. The summed E-state index contributed by atoms with van der Waals surface area (Å²) >= 11 is 0. The Morgan fingerprint density at radius 1 is 1.08 bits per heavy atom. The van der Waals surface area contributed by atoms with E-state index in [2.05, 4.69) is 4.98 Å². The third-order valence-electron chi connectivity index (χ3n) is 3.65. The summed E-state index contributed by atoms with van der Waals surface area (Å²) in [6.45, 7) is 1.84. The van der Waals surface area contributed by atoms with Crippen molar-refractivity contribution in [2.75, 3.05) is 0 Å². The van der Waals surface area contributed by atoms with Crippen LogP contribution in [-0.4, -0.2) is 10.8 Å². The number of nitrogens with zero attached hydrogens (tertiary/aromatic N) is 1. The van der Waals surface area contributed by atoms with Gasteiger partial charge in [0.25, 0.3) is 0 Å². The van der Waals surface area contributed by atoms with Gasteiger partial charge in [-0.2, -0.15) is 0 Å². The number of carbonyl (C=O) groups excluding carboxylic acids is 1. The topological polar surface area (TPSA) is 39.2 Å². The van der Waals surface area contributed by atoms with Crippen molar-refractivity contribution in [1.82, 2.24) is 4.98 Å². The second kappa shape index (κ2) is 7.04. The zero-order chi connectivity index (χ0) is 16.9. The quantitative estimate of drug-likeness (QED) is 0.641. The fourth-order valence-electron chi connectivity index (χ4n) is 2.32. The van der Waals surface area contributed by atoms with Crippen molar-refractivity contribution in [2.24, 2.45) is 0 Å². The van der Waals surface area contributed by atoms with Gasteiger partial charge in [0.05, 0.1) is 0 Å². The standard InChI is InChI=1S/C20H16FNO2/c1-14(23)16-7-9-18(19(21)11-16)17-8-10-20(22-12-17)24-13-15-5-3-2-4-6-15/h2-12H,13H2,1H3. The Hall–Kier alpha value is -3.01. The third-order valence-corrected chi connectivity index (χ3v) is 3.65. The molecule has 0 N–H and O–H groups in total. The highest BCUT2D eigenvalue weighted by atomic mass is 19.1. The van der Waals surface area contributed by atoms with E-state index >= 15 is 0 Å². The van der Waals surface area contributed by atoms with Gasteiger partial charge in [-0.1, -0.05) is 42.5 Å². The number of carbonyl (C=O) groups is 1. The lowest BCUT2D eigenvalue weighted by Crippen LogP contribution is -1.97. The Bertz CT molecular complexity index is 845. The third kappa shape index (κ3) is 3.66. The molecule has 0 aliphatic rings. The number of benzene rings is 2. The molecule has 0 atom stereocenters. The van der Waals surface area contributed by atoms with Gasteiger partial charge in [0.15, 0.2) is 5.78 Å². The summed E-state index contributed by atoms with van der Waals surface area (Å²) in [5.41, 5.74) is 2.44. The Morgan fingerprint density at radius 2 is 1.88 bits per heavy atom. The van der Waals surface area contributed by atoms with Crippen LogP contribution in [-0.2, 0) is 6.61 Å². The van der Waals surface area contributed by atoms with E-state index in [-0.39, 0.29) is 5.78 Å². The number of halogens is 1. The fraction of sp³-hybridized carbons (Fsp3) is 0.100. The first-order valence-electron chi connectivity index (χ1n) is 7.57. The minimum Gasteiger partial charge on any atom is -0.473 e. The maximum absolute atomic E-state index is 14.2. The van der Waals surface area contributed by atoms with Gasteiger partial charge >= 0.3 is 0 Å². The van der Waals surface area contributed by atoms with Crippen molar-refractivity contribution >= 4 is 5.78 Å². The predicted octanol–water partition coefficient (Wildman–Crippen LogP) is 4.67.